The molecule has 22 heavy (non-hydrogen) atoms. The highest BCUT2D eigenvalue weighted by atomic mass is 16.1. The summed E-state index contributed by atoms with van der Waals surface area (Å²) in [5.41, 5.74) is 3.84. The minimum atomic E-state index is 0.238. The highest BCUT2D eigenvalue weighted by molar-refractivity contribution is 6.03. The molecule has 1 heteroatoms. The molecule has 0 N–H and O–H groups in total. The summed E-state index contributed by atoms with van der Waals surface area (Å²) < 4.78 is 0. The lowest BCUT2D eigenvalue weighted by Crippen LogP contribution is -2.36. The van der Waals surface area contributed by atoms with Crippen LogP contribution in [0.5, 0.6) is 0 Å². The van der Waals surface area contributed by atoms with Crippen molar-refractivity contribution in [3.8, 4) is 0 Å². The maximum Gasteiger partial charge on any atom is 0.163 e. The fourth-order valence-electron chi connectivity index (χ4n) is 5.22. The lowest BCUT2D eigenvalue weighted by molar-refractivity contribution is 0.0944. The van der Waals surface area contributed by atoms with Gasteiger partial charge in [0.2, 0.25) is 0 Å². The van der Waals surface area contributed by atoms with Gasteiger partial charge in [0.05, 0.1) is 0 Å². The minimum absolute atomic E-state index is 0.238. The molecular formula is C21H20O. The van der Waals surface area contributed by atoms with Crippen LogP contribution < -0.4 is 0 Å². The normalized spacial score (nSPS) is 32.1. The van der Waals surface area contributed by atoms with Gasteiger partial charge in [0.15, 0.2) is 5.78 Å². The SMILES string of the molecule is Cc1ccc2cc3c(cc2c1)C(=O)CCC31CC2C=CC1C2. The summed E-state index contributed by atoms with van der Waals surface area (Å²) in [6.45, 7) is 2.11. The molecular weight excluding hydrogens is 268 g/mol. The first-order valence-corrected chi connectivity index (χ1v) is 8.42. The second-order valence-electron chi connectivity index (χ2n) is 7.52. The number of rotatable bonds is 0. The standard InChI is InChI=1S/C21H20O/c1-13-2-4-15-11-19-18(10-16(15)8-13)20(22)6-7-21(19)12-14-3-5-17(21)9-14/h2-5,8,10-11,14,17H,6-7,9,12H2,1H3. The summed E-state index contributed by atoms with van der Waals surface area (Å²) in [5.74, 6) is 1.72. The van der Waals surface area contributed by atoms with E-state index in [0.717, 1.165) is 24.3 Å². The highest BCUT2D eigenvalue weighted by Gasteiger charge is 2.52. The number of hydrogen-bond acceptors (Lipinski definition) is 1. The molecule has 3 atom stereocenters. The van der Waals surface area contributed by atoms with E-state index in [1.807, 2.05) is 0 Å². The van der Waals surface area contributed by atoms with Gasteiger partial charge in [0, 0.05) is 17.4 Å². The van der Waals surface area contributed by atoms with Crippen LogP contribution >= 0.6 is 0 Å². The topological polar surface area (TPSA) is 17.1 Å². The van der Waals surface area contributed by atoms with Crippen LogP contribution in [-0.4, -0.2) is 5.78 Å². The third-order valence-electron chi connectivity index (χ3n) is 6.28. The van der Waals surface area contributed by atoms with Crippen molar-refractivity contribution >= 4 is 16.6 Å². The molecule has 5 rings (SSSR count). The molecule has 2 bridgehead atoms. The molecule has 1 saturated carbocycles. The molecule has 0 amide bonds. The third kappa shape index (κ3) is 1.52. The van der Waals surface area contributed by atoms with Crippen molar-refractivity contribution in [3.63, 3.8) is 0 Å². The number of carbonyl (C=O) groups excluding carboxylic acids is 1. The van der Waals surface area contributed by atoms with Gasteiger partial charge < -0.3 is 0 Å². The molecule has 0 saturated heterocycles. The number of Topliss-reactive ketones (excluding diaryl/α,β-unsaturated/α-hetero) is 1. The maximum absolute atomic E-state index is 12.5. The zero-order valence-electron chi connectivity index (χ0n) is 12.9. The Bertz CT molecular complexity index is 844. The summed E-state index contributed by atoms with van der Waals surface area (Å²) in [6.07, 6.45) is 9.12. The van der Waals surface area contributed by atoms with E-state index in [9.17, 15) is 4.79 Å². The molecule has 3 aliphatic rings. The second-order valence-corrected chi connectivity index (χ2v) is 7.52. The lowest BCUT2D eigenvalue weighted by atomic mass is 9.62. The van der Waals surface area contributed by atoms with Gasteiger partial charge in [-0.25, -0.2) is 0 Å². The van der Waals surface area contributed by atoms with Crippen LogP contribution in [0.4, 0.5) is 0 Å². The number of fused-ring (bicyclic) bond motifs is 6. The van der Waals surface area contributed by atoms with Gasteiger partial charge >= 0.3 is 0 Å². The van der Waals surface area contributed by atoms with E-state index in [0.29, 0.717) is 11.7 Å². The monoisotopic (exact) mass is 288 g/mol. The van der Waals surface area contributed by atoms with Crippen LogP contribution in [0.15, 0.2) is 42.5 Å². The molecule has 2 aromatic rings. The Morgan fingerprint density at radius 3 is 2.77 bits per heavy atom. The van der Waals surface area contributed by atoms with Crippen molar-refractivity contribution in [2.75, 3.05) is 0 Å². The molecule has 0 heterocycles. The van der Waals surface area contributed by atoms with E-state index in [1.165, 1.54) is 34.7 Å². The summed E-state index contributed by atoms with van der Waals surface area (Å²) in [5, 5.41) is 2.49. The second kappa shape index (κ2) is 4.10. The Morgan fingerprint density at radius 2 is 2.00 bits per heavy atom. The van der Waals surface area contributed by atoms with Crippen LogP contribution in [0.1, 0.15) is 47.2 Å². The van der Waals surface area contributed by atoms with Crippen LogP contribution in [-0.2, 0) is 5.41 Å². The molecule has 0 aliphatic heterocycles. The summed E-state index contributed by atoms with van der Waals surface area (Å²) in [6, 6.07) is 11.1. The predicted octanol–water partition coefficient (Wildman–Crippen LogP) is 4.96. The fourth-order valence-corrected chi connectivity index (χ4v) is 5.22. The van der Waals surface area contributed by atoms with E-state index in [4.69, 9.17) is 0 Å². The van der Waals surface area contributed by atoms with E-state index >= 15 is 0 Å². The molecule has 1 fully saturated rings. The van der Waals surface area contributed by atoms with Crippen molar-refractivity contribution in [1.29, 1.82) is 0 Å². The molecule has 3 aliphatic carbocycles. The van der Waals surface area contributed by atoms with E-state index in [-0.39, 0.29) is 5.41 Å². The number of ketones is 1. The Kier molecular flexibility index (Phi) is 2.35. The van der Waals surface area contributed by atoms with Crippen molar-refractivity contribution in [2.45, 2.75) is 38.0 Å². The number of aryl methyl sites for hydroxylation is 1. The maximum atomic E-state index is 12.5. The molecule has 110 valence electrons. The smallest absolute Gasteiger partial charge is 0.163 e. The Labute approximate surface area is 131 Å². The first kappa shape index (κ1) is 12.6. The van der Waals surface area contributed by atoms with Crippen LogP contribution in [0.25, 0.3) is 10.8 Å². The van der Waals surface area contributed by atoms with Gasteiger partial charge in [-0.2, -0.15) is 0 Å². The van der Waals surface area contributed by atoms with Gasteiger partial charge in [-0.3, -0.25) is 4.79 Å². The zero-order valence-corrected chi connectivity index (χ0v) is 12.9. The quantitative estimate of drug-likeness (QED) is 0.626. The zero-order chi connectivity index (χ0) is 14.9. The summed E-state index contributed by atoms with van der Waals surface area (Å²) in [4.78, 5) is 12.5. The van der Waals surface area contributed by atoms with Gasteiger partial charge in [-0.1, -0.05) is 35.9 Å². The number of allylic oxidation sites excluding steroid dienone is 2. The largest absolute Gasteiger partial charge is 0.294 e. The van der Waals surface area contributed by atoms with Crippen molar-refractivity contribution in [3.05, 3.63) is 59.2 Å². The van der Waals surface area contributed by atoms with Gasteiger partial charge in [-0.05, 0) is 66.5 Å². The average molecular weight is 288 g/mol. The number of benzene rings is 2. The number of hydrogen-bond donors (Lipinski definition) is 0. The molecule has 3 unspecified atom stereocenters. The minimum Gasteiger partial charge on any atom is -0.294 e. The Morgan fingerprint density at radius 1 is 1.09 bits per heavy atom. The molecule has 1 spiro atoms. The molecule has 0 radical (unpaired) electrons. The first-order valence-electron chi connectivity index (χ1n) is 8.42. The fraction of sp³-hybridized carbons (Fsp3) is 0.381. The lowest BCUT2D eigenvalue weighted by Gasteiger charge is -2.40. The van der Waals surface area contributed by atoms with Gasteiger partial charge in [0.1, 0.15) is 0 Å². The Balaban J connectivity index is 1.79. The molecule has 2 aromatic carbocycles. The van der Waals surface area contributed by atoms with Crippen molar-refractivity contribution in [2.24, 2.45) is 11.8 Å². The van der Waals surface area contributed by atoms with Crippen LogP contribution in [0, 0.1) is 18.8 Å². The van der Waals surface area contributed by atoms with E-state index < -0.39 is 0 Å². The van der Waals surface area contributed by atoms with E-state index in [2.05, 4.69) is 49.4 Å². The van der Waals surface area contributed by atoms with Crippen molar-refractivity contribution < 1.29 is 4.79 Å². The number of carbonyl (C=O) groups is 1. The van der Waals surface area contributed by atoms with Crippen LogP contribution in [0.3, 0.4) is 0 Å². The summed E-state index contributed by atoms with van der Waals surface area (Å²) in [7, 11) is 0. The highest BCUT2D eigenvalue weighted by Crippen LogP contribution is 2.58. The average Bonchev–Trinajstić information content (AvgIpc) is 3.11. The molecule has 1 nitrogen and oxygen atoms in total. The predicted molar refractivity (Wildman–Crippen MR) is 89.3 cm³/mol. The molecule has 0 aromatic heterocycles. The van der Waals surface area contributed by atoms with Crippen molar-refractivity contribution in [1.82, 2.24) is 0 Å². The van der Waals surface area contributed by atoms with Crippen LogP contribution in [0.2, 0.25) is 0 Å². The third-order valence-corrected chi connectivity index (χ3v) is 6.28. The van der Waals surface area contributed by atoms with E-state index in [1.54, 1.807) is 0 Å². The van der Waals surface area contributed by atoms with Gasteiger partial charge in [0.25, 0.3) is 0 Å². The Hall–Kier alpha value is -1.89. The van der Waals surface area contributed by atoms with Gasteiger partial charge in [-0.15, -0.1) is 0 Å². The summed E-state index contributed by atoms with van der Waals surface area (Å²) >= 11 is 0. The first-order chi connectivity index (χ1) is 10.7.